The number of phenols is 1. The Balaban J connectivity index is 1.50. The van der Waals surface area contributed by atoms with Crippen LogP contribution in [-0.4, -0.2) is 106 Å². The van der Waals surface area contributed by atoms with E-state index in [1.807, 2.05) is 11.8 Å². The number of hydrogen-bond donors (Lipinski definition) is 5. The van der Waals surface area contributed by atoms with Gasteiger partial charge in [0.25, 0.3) is 0 Å². The summed E-state index contributed by atoms with van der Waals surface area (Å²) < 4.78 is 6.53. The van der Waals surface area contributed by atoms with Crippen LogP contribution in [0.5, 0.6) is 11.5 Å². The van der Waals surface area contributed by atoms with Crippen LogP contribution in [0.25, 0.3) is 0 Å². The van der Waals surface area contributed by atoms with Crippen molar-refractivity contribution in [3.8, 4) is 11.5 Å². The number of carbonyl (C=O) groups is 2. The fourth-order valence-electron chi connectivity index (χ4n) is 8.18. The summed E-state index contributed by atoms with van der Waals surface area (Å²) in [5.74, 6) is -1.87. The van der Waals surface area contributed by atoms with Crippen LogP contribution in [0.2, 0.25) is 0 Å². The van der Waals surface area contributed by atoms with Gasteiger partial charge in [0.2, 0.25) is 11.7 Å². The normalized spacial score (nSPS) is 28.7. The van der Waals surface area contributed by atoms with E-state index >= 15 is 0 Å². The number of nitrogens with one attached hydrogen (secondary N) is 1. The van der Waals surface area contributed by atoms with Gasteiger partial charge >= 0.3 is 6.03 Å². The van der Waals surface area contributed by atoms with E-state index in [0.717, 1.165) is 49.8 Å². The van der Waals surface area contributed by atoms with E-state index in [9.17, 15) is 30.0 Å². The Kier molecular flexibility index (Phi) is 11.7. The maximum absolute atomic E-state index is 13.6. The lowest BCUT2D eigenvalue weighted by molar-refractivity contribution is -0.226. The molecule has 6 unspecified atom stereocenters. The Morgan fingerprint density at radius 3 is 2.64 bits per heavy atom. The van der Waals surface area contributed by atoms with Crippen LogP contribution < -0.4 is 10.1 Å². The number of urea groups is 1. The van der Waals surface area contributed by atoms with Crippen LogP contribution in [0, 0.1) is 17.8 Å². The minimum Gasteiger partial charge on any atom is -0.508 e. The van der Waals surface area contributed by atoms with Crippen molar-refractivity contribution in [2.75, 3.05) is 46.5 Å². The highest BCUT2D eigenvalue weighted by Gasteiger charge is 2.63. The van der Waals surface area contributed by atoms with Gasteiger partial charge in [-0.05, 0) is 81.1 Å². The molecule has 0 spiro atoms. The number of fused-ring (bicyclic) bond motifs is 2. The Labute approximate surface area is 277 Å². The van der Waals surface area contributed by atoms with E-state index in [0.29, 0.717) is 56.8 Å². The van der Waals surface area contributed by atoms with E-state index < -0.39 is 17.7 Å². The van der Waals surface area contributed by atoms with Crippen LogP contribution in [0.15, 0.2) is 35.0 Å². The molecular weight excluding hydrogens is 604 g/mol. The van der Waals surface area contributed by atoms with Crippen molar-refractivity contribution in [2.24, 2.45) is 22.9 Å². The molecule has 5 rings (SSSR count). The van der Waals surface area contributed by atoms with Crippen LogP contribution in [0.3, 0.4) is 0 Å². The van der Waals surface area contributed by atoms with Gasteiger partial charge in [0, 0.05) is 64.2 Å². The third-order valence-corrected chi connectivity index (χ3v) is 10.4. The standard InChI is InChI=1S/C35H52N4O8/c1-3-46-37-28-22-30(38(2)34(44)36-15-9-17-39-16-8-12-31(39)43)35(45)33-26(28)20-23(10-4-6-18-40)25(11-5-7-19-41)32(33)27-21-24(42)13-14-29(27)47-35/h13-14,20-21,23,25,30,32-33,40-42,45H,3-12,15-19,22H2,1-2H3,(H,36,44). The summed E-state index contributed by atoms with van der Waals surface area (Å²) in [6.07, 6.45) is 8.99. The summed E-state index contributed by atoms with van der Waals surface area (Å²) in [5, 5.41) is 50.1. The van der Waals surface area contributed by atoms with E-state index in [-0.39, 0.29) is 55.1 Å². The van der Waals surface area contributed by atoms with Gasteiger partial charge in [-0.1, -0.05) is 24.1 Å². The molecule has 12 nitrogen and oxygen atoms in total. The third kappa shape index (κ3) is 7.39. The largest absolute Gasteiger partial charge is 0.508 e. The second kappa shape index (κ2) is 15.7. The molecule has 1 aromatic rings. The molecule has 6 atom stereocenters. The van der Waals surface area contributed by atoms with Gasteiger partial charge in [0.15, 0.2) is 0 Å². The molecule has 1 saturated heterocycles. The molecule has 47 heavy (non-hydrogen) atoms. The van der Waals surface area contributed by atoms with E-state index in [1.165, 1.54) is 4.90 Å². The van der Waals surface area contributed by atoms with Gasteiger partial charge in [-0.3, -0.25) is 4.79 Å². The molecular formula is C35H52N4O8. The summed E-state index contributed by atoms with van der Waals surface area (Å²) in [6.45, 7) is 4.12. The number of phenolic OH excluding ortho intramolecular Hbond substituents is 1. The molecule has 5 N–H and O–H groups in total. The van der Waals surface area contributed by atoms with Crippen molar-refractivity contribution in [3.05, 3.63) is 35.4 Å². The number of oxime groups is 1. The quantitative estimate of drug-likeness (QED) is 0.142. The van der Waals surface area contributed by atoms with Crippen molar-refractivity contribution in [1.29, 1.82) is 0 Å². The molecule has 4 aliphatic rings. The van der Waals surface area contributed by atoms with Gasteiger partial charge in [-0.2, -0.15) is 0 Å². The maximum atomic E-state index is 13.6. The molecule has 2 aliphatic heterocycles. The average Bonchev–Trinajstić information content (AvgIpc) is 3.47. The number of unbranched alkanes of at least 4 members (excludes halogenated alkanes) is 2. The third-order valence-electron chi connectivity index (χ3n) is 10.4. The number of hydrogen-bond acceptors (Lipinski definition) is 9. The van der Waals surface area contributed by atoms with Gasteiger partial charge in [-0.15, -0.1) is 0 Å². The fourth-order valence-corrected chi connectivity index (χ4v) is 8.18. The summed E-state index contributed by atoms with van der Waals surface area (Å²) in [4.78, 5) is 34.5. The van der Waals surface area contributed by atoms with Crippen LogP contribution in [-0.2, 0) is 9.63 Å². The van der Waals surface area contributed by atoms with Crippen molar-refractivity contribution in [2.45, 2.75) is 88.9 Å². The molecule has 260 valence electrons. The molecule has 1 aromatic carbocycles. The molecule has 3 amide bonds. The molecule has 1 saturated carbocycles. The molecule has 2 aliphatic carbocycles. The number of nitrogens with zero attached hydrogens (tertiary/aromatic N) is 3. The number of allylic oxidation sites excluding steroid dienone is 1. The zero-order valence-electron chi connectivity index (χ0n) is 27.8. The van der Waals surface area contributed by atoms with Crippen LogP contribution in [0.1, 0.15) is 82.6 Å². The summed E-state index contributed by atoms with van der Waals surface area (Å²) in [5.41, 5.74) is 2.27. The first kappa shape index (κ1) is 35.0. The van der Waals surface area contributed by atoms with E-state index in [4.69, 9.17) is 9.57 Å². The van der Waals surface area contributed by atoms with E-state index in [2.05, 4.69) is 16.5 Å². The van der Waals surface area contributed by atoms with Crippen molar-refractivity contribution in [3.63, 3.8) is 0 Å². The first-order valence-electron chi connectivity index (χ1n) is 17.4. The zero-order valence-corrected chi connectivity index (χ0v) is 27.8. The second-order valence-corrected chi connectivity index (χ2v) is 13.3. The Bertz CT molecular complexity index is 1320. The number of aliphatic hydroxyl groups excluding tert-OH is 2. The predicted octanol–water partition coefficient (Wildman–Crippen LogP) is 3.49. The highest BCUT2D eigenvalue weighted by atomic mass is 16.6. The molecule has 0 radical (unpaired) electrons. The Morgan fingerprint density at radius 1 is 1.17 bits per heavy atom. The Hall–Kier alpha value is -3.35. The lowest BCUT2D eigenvalue weighted by Crippen LogP contribution is -2.69. The molecule has 2 heterocycles. The lowest BCUT2D eigenvalue weighted by Gasteiger charge is -2.58. The number of likely N-dealkylation sites (tertiary alicyclic amines) is 1. The number of aromatic hydroxyl groups is 1. The topological polar surface area (TPSA) is 164 Å². The highest BCUT2D eigenvalue weighted by Crippen LogP contribution is 2.60. The summed E-state index contributed by atoms with van der Waals surface area (Å²) in [7, 11) is 1.65. The minimum atomic E-state index is -1.81. The number of carbonyl (C=O) groups excluding carboxylic acids is 2. The smallest absolute Gasteiger partial charge is 0.317 e. The first-order chi connectivity index (χ1) is 22.7. The monoisotopic (exact) mass is 656 g/mol. The summed E-state index contributed by atoms with van der Waals surface area (Å²) in [6, 6.07) is 3.76. The van der Waals surface area contributed by atoms with Gasteiger partial charge in [0.05, 0.1) is 11.6 Å². The molecule has 2 fully saturated rings. The maximum Gasteiger partial charge on any atom is 0.317 e. The highest BCUT2D eigenvalue weighted by molar-refractivity contribution is 6.03. The predicted molar refractivity (Wildman–Crippen MR) is 176 cm³/mol. The number of likely N-dealkylation sites (N-methyl/N-ethyl adjacent to an activating group) is 1. The van der Waals surface area contributed by atoms with Gasteiger partial charge in [-0.25, -0.2) is 4.79 Å². The number of amides is 3. The van der Waals surface area contributed by atoms with Gasteiger partial charge in [0.1, 0.15) is 24.1 Å². The van der Waals surface area contributed by atoms with E-state index in [1.54, 1.807) is 25.2 Å². The van der Waals surface area contributed by atoms with Crippen LogP contribution in [0.4, 0.5) is 4.79 Å². The number of rotatable bonds is 15. The number of ether oxygens (including phenoxy) is 1. The molecule has 0 aromatic heterocycles. The second-order valence-electron chi connectivity index (χ2n) is 13.3. The van der Waals surface area contributed by atoms with Gasteiger partial charge < -0.3 is 45.1 Å². The van der Waals surface area contributed by atoms with Crippen molar-refractivity contribution in [1.82, 2.24) is 15.1 Å². The van der Waals surface area contributed by atoms with Crippen molar-refractivity contribution < 1.29 is 39.6 Å². The number of aliphatic hydroxyl groups is 3. The van der Waals surface area contributed by atoms with Crippen LogP contribution >= 0.6 is 0 Å². The average molecular weight is 657 g/mol. The van der Waals surface area contributed by atoms with Crippen molar-refractivity contribution >= 4 is 17.6 Å². The Morgan fingerprint density at radius 2 is 1.94 bits per heavy atom. The zero-order chi connectivity index (χ0) is 33.6. The minimum absolute atomic E-state index is 0.0319. The molecule has 0 bridgehead atoms. The lowest BCUT2D eigenvalue weighted by atomic mass is 9.55. The summed E-state index contributed by atoms with van der Waals surface area (Å²) >= 11 is 0. The molecule has 12 heteroatoms. The SMILES string of the molecule is CCON=C1CC(N(C)C(=O)NCCCN2CCCC2=O)C2(O)Oc3ccc(O)cc3C3C(CCCCO)C(CCCCO)C=C1C32. The number of benzene rings is 1. The fraction of sp³-hybridized carbons (Fsp3) is 0.686. The first-order valence-corrected chi connectivity index (χ1v) is 17.4.